The van der Waals surface area contributed by atoms with Crippen molar-refractivity contribution in [1.82, 2.24) is 10.2 Å². The number of halogens is 3. The summed E-state index contributed by atoms with van der Waals surface area (Å²) in [5.41, 5.74) is 0. The summed E-state index contributed by atoms with van der Waals surface area (Å²) in [6, 6.07) is 0.426. The van der Waals surface area contributed by atoms with Gasteiger partial charge in [-0.2, -0.15) is 13.2 Å². The minimum atomic E-state index is -4.10. The van der Waals surface area contributed by atoms with E-state index in [2.05, 4.69) is 12.2 Å². The fourth-order valence-electron chi connectivity index (χ4n) is 3.70. The fourth-order valence-corrected chi connectivity index (χ4v) is 3.70. The topological polar surface area (TPSA) is 32.3 Å². The van der Waals surface area contributed by atoms with Gasteiger partial charge in [-0.25, -0.2) is 0 Å². The third-order valence-electron chi connectivity index (χ3n) is 5.13. The van der Waals surface area contributed by atoms with Crippen LogP contribution in [0.4, 0.5) is 13.2 Å². The van der Waals surface area contributed by atoms with Crippen molar-refractivity contribution in [2.45, 2.75) is 51.2 Å². The first-order chi connectivity index (χ1) is 9.82. The van der Waals surface area contributed by atoms with Gasteiger partial charge in [-0.05, 0) is 45.1 Å². The molecule has 122 valence electrons. The molecule has 2 fully saturated rings. The van der Waals surface area contributed by atoms with Gasteiger partial charge in [-0.15, -0.1) is 0 Å². The van der Waals surface area contributed by atoms with Gasteiger partial charge in [0, 0.05) is 25.0 Å². The summed E-state index contributed by atoms with van der Waals surface area (Å²) in [7, 11) is 1.93. The second-order valence-corrected chi connectivity index (χ2v) is 6.54. The number of likely N-dealkylation sites (tertiary alicyclic amines) is 1. The van der Waals surface area contributed by atoms with Crippen molar-refractivity contribution in [3.05, 3.63) is 0 Å². The highest BCUT2D eigenvalue weighted by atomic mass is 19.4. The SMILES string of the molecule is CNC1CCN(C(=O)C2CCC(C(F)(F)F)CC2)CC1C. The molecule has 0 aromatic heterocycles. The zero-order valence-corrected chi connectivity index (χ0v) is 12.7. The molecule has 0 bridgehead atoms. The van der Waals surface area contributed by atoms with E-state index in [4.69, 9.17) is 0 Å². The van der Waals surface area contributed by atoms with Gasteiger partial charge in [0.25, 0.3) is 0 Å². The molecule has 0 radical (unpaired) electrons. The molecule has 21 heavy (non-hydrogen) atoms. The summed E-state index contributed by atoms with van der Waals surface area (Å²) in [5, 5.41) is 3.25. The fraction of sp³-hybridized carbons (Fsp3) is 0.933. The van der Waals surface area contributed by atoms with Gasteiger partial charge in [0.1, 0.15) is 0 Å². The van der Waals surface area contributed by atoms with E-state index in [1.807, 2.05) is 11.9 Å². The summed E-state index contributed by atoms with van der Waals surface area (Å²) < 4.78 is 38.0. The molecule has 1 amide bonds. The molecule has 1 N–H and O–H groups in total. The molecule has 3 nitrogen and oxygen atoms in total. The van der Waals surface area contributed by atoms with E-state index in [-0.39, 0.29) is 24.7 Å². The second-order valence-electron chi connectivity index (χ2n) is 6.54. The van der Waals surface area contributed by atoms with Crippen molar-refractivity contribution in [1.29, 1.82) is 0 Å². The summed E-state index contributed by atoms with van der Waals surface area (Å²) >= 11 is 0. The Morgan fingerprint density at radius 2 is 1.76 bits per heavy atom. The Morgan fingerprint density at radius 3 is 2.24 bits per heavy atom. The maximum Gasteiger partial charge on any atom is 0.391 e. The van der Waals surface area contributed by atoms with E-state index in [0.29, 0.717) is 37.9 Å². The Balaban J connectivity index is 1.85. The van der Waals surface area contributed by atoms with Crippen LogP contribution in [0, 0.1) is 17.8 Å². The molecular weight excluding hydrogens is 281 g/mol. The lowest BCUT2D eigenvalue weighted by molar-refractivity contribution is -0.185. The van der Waals surface area contributed by atoms with E-state index in [0.717, 1.165) is 6.42 Å². The molecule has 0 spiro atoms. The molecule has 0 aromatic rings. The van der Waals surface area contributed by atoms with E-state index < -0.39 is 12.1 Å². The highest BCUT2D eigenvalue weighted by molar-refractivity contribution is 5.79. The average molecular weight is 306 g/mol. The minimum Gasteiger partial charge on any atom is -0.342 e. The smallest absolute Gasteiger partial charge is 0.342 e. The predicted octanol–water partition coefficient (Wildman–Crippen LogP) is 2.81. The normalized spacial score (nSPS) is 34.8. The van der Waals surface area contributed by atoms with Crippen molar-refractivity contribution in [2.24, 2.45) is 17.8 Å². The molecule has 2 rings (SSSR count). The Bertz CT molecular complexity index is 364. The molecule has 0 aromatic carbocycles. The van der Waals surface area contributed by atoms with Gasteiger partial charge in [-0.3, -0.25) is 4.79 Å². The molecule has 6 heteroatoms. The Hall–Kier alpha value is -0.780. The van der Waals surface area contributed by atoms with Crippen LogP contribution in [0.15, 0.2) is 0 Å². The van der Waals surface area contributed by atoms with Crippen LogP contribution in [0.5, 0.6) is 0 Å². The summed E-state index contributed by atoms with van der Waals surface area (Å²) in [5.74, 6) is -0.964. The van der Waals surface area contributed by atoms with Crippen LogP contribution in [0.3, 0.4) is 0 Å². The lowest BCUT2D eigenvalue weighted by atomic mass is 9.80. The van der Waals surface area contributed by atoms with E-state index in [1.54, 1.807) is 0 Å². The number of hydrogen-bond donors (Lipinski definition) is 1. The molecule has 1 aliphatic heterocycles. The molecular formula is C15H25F3N2O. The number of carbonyl (C=O) groups excluding carboxylic acids is 1. The Morgan fingerprint density at radius 1 is 1.14 bits per heavy atom. The molecule has 1 aliphatic carbocycles. The minimum absolute atomic E-state index is 0.0667. The van der Waals surface area contributed by atoms with Gasteiger partial charge in [0.05, 0.1) is 5.92 Å². The van der Waals surface area contributed by atoms with Crippen molar-refractivity contribution in [3.63, 3.8) is 0 Å². The third-order valence-corrected chi connectivity index (χ3v) is 5.13. The van der Waals surface area contributed by atoms with Crippen LogP contribution in [0.2, 0.25) is 0 Å². The monoisotopic (exact) mass is 306 g/mol. The third kappa shape index (κ3) is 3.90. The molecule has 2 atom stereocenters. The van der Waals surface area contributed by atoms with Crippen LogP contribution < -0.4 is 5.32 Å². The lowest BCUT2D eigenvalue weighted by Crippen LogP contribution is -2.51. The standard InChI is InChI=1S/C15H25F3N2O/c1-10-9-20(8-7-13(10)19-2)14(21)11-3-5-12(6-4-11)15(16,17)18/h10-13,19H,3-9H2,1-2H3. The highest BCUT2D eigenvalue weighted by Crippen LogP contribution is 2.40. The predicted molar refractivity (Wildman–Crippen MR) is 74.7 cm³/mol. The number of piperidine rings is 1. The molecule has 2 aliphatic rings. The van der Waals surface area contributed by atoms with Gasteiger partial charge in [-0.1, -0.05) is 6.92 Å². The molecule has 1 saturated carbocycles. The first-order valence-corrected chi connectivity index (χ1v) is 7.85. The number of hydrogen-bond acceptors (Lipinski definition) is 2. The second kappa shape index (κ2) is 6.55. The maximum atomic E-state index is 12.7. The summed E-state index contributed by atoms with van der Waals surface area (Å²) in [4.78, 5) is 14.3. The van der Waals surface area contributed by atoms with E-state index >= 15 is 0 Å². The number of amides is 1. The van der Waals surface area contributed by atoms with Crippen LogP contribution in [0.1, 0.15) is 39.0 Å². The number of nitrogens with zero attached hydrogens (tertiary/aromatic N) is 1. The first kappa shape index (κ1) is 16.6. The van der Waals surface area contributed by atoms with E-state index in [1.165, 1.54) is 0 Å². The van der Waals surface area contributed by atoms with Crippen molar-refractivity contribution >= 4 is 5.91 Å². The highest BCUT2D eigenvalue weighted by Gasteiger charge is 2.43. The summed E-state index contributed by atoms with van der Waals surface area (Å²) in [6.07, 6.45) is -2.23. The van der Waals surface area contributed by atoms with E-state index in [9.17, 15) is 18.0 Å². The Kier molecular flexibility index (Phi) is 5.17. The quantitative estimate of drug-likeness (QED) is 0.851. The van der Waals surface area contributed by atoms with Crippen LogP contribution in [0.25, 0.3) is 0 Å². The van der Waals surface area contributed by atoms with Crippen molar-refractivity contribution in [2.75, 3.05) is 20.1 Å². The molecule has 2 unspecified atom stereocenters. The van der Waals surface area contributed by atoms with Crippen LogP contribution in [-0.4, -0.2) is 43.2 Å². The van der Waals surface area contributed by atoms with Gasteiger partial charge >= 0.3 is 6.18 Å². The van der Waals surface area contributed by atoms with Crippen molar-refractivity contribution < 1.29 is 18.0 Å². The number of rotatable bonds is 2. The zero-order chi connectivity index (χ0) is 15.6. The van der Waals surface area contributed by atoms with Crippen LogP contribution in [-0.2, 0) is 4.79 Å². The largest absolute Gasteiger partial charge is 0.391 e. The van der Waals surface area contributed by atoms with Gasteiger partial charge in [0.15, 0.2) is 0 Å². The average Bonchev–Trinajstić information content (AvgIpc) is 2.45. The number of carbonyl (C=O) groups is 1. The molecule has 1 saturated heterocycles. The van der Waals surface area contributed by atoms with Crippen LogP contribution >= 0.6 is 0 Å². The first-order valence-electron chi connectivity index (χ1n) is 7.85. The van der Waals surface area contributed by atoms with Gasteiger partial charge < -0.3 is 10.2 Å². The number of alkyl halides is 3. The zero-order valence-electron chi connectivity index (χ0n) is 12.7. The Labute approximate surface area is 124 Å². The summed E-state index contributed by atoms with van der Waals surface area (Å²) in [6.45, 7) is 3.54. The number of nitrogens with one attached hydrogen (secondary N) is 1. The lowest BCUT2D eigenvalue weighted by Gasteiger charge is -2.39. The van der Waals surface area contributed by atoms with Gasteiger partial charge in [0.2, 0.25) is 5.91 Å². The van der Waals surface area contributed by atoms with Crippen molar-refractivity contribution in [3.8, 4) is 0 Å². The molecule has 1 heterocycles. The maximum absolute atomic E-state index is 12.7.